The zero-order chi connectivity index (χ0) is 28.3. The van der Waals surface area contributed by atoms with Crippen LogP contribution in [0, 0.1) is 0 Å². The molecule has 42 heavy (non-hydrogen) atoms. The Morgan fingerprint density at radius 3 is 1.98 bits per heavy atom. The predicted molar refractivity (Wildman–Crippen MR) is 178 cm³/mol. The van der Waals surface area contributed by atoms with E-state index in [2.05, 4.69) is 116 Å². The first-order valence-corrected chi connectivity index (χ1v) is 14.7. The van der Waals surface area contributed by atoms with Crippen LogP contribution >= 0.6 is 0 Å². The quantitative estimate of drug-likeness (QED) is 0.145. The van der Waals surface area contributed by atoms with Gasteiger partial charge in [-0.15, -0.1) is 0 Å². The molecule has 0 aliphatic carbocycles. The minimum atomic E-state index is 0.870. The van der Waals surface area contributed by atoms with Crippen molar-refractivity contribution in [3.8, 4) is 22.3 Å². The molecule has 0 saturated carbocycles. The Kier molecular flexibility index (Phi) is 7.11. The lowest BCUT2D eigenvalue weighted by Gasteiger charge is -2.11. The number of para-hydroxylation sites is 2. The van der Waals surface area contributed by atoms with Crippen LogP contribution in [0.2, 0.25) is 0 Å². The number of aryl methyl sites for hydroxylation is 2. The molecular formula is C38H32BNO2. The Hall–Kier alpha value is -4.96. The molecule has 2 aromatic heterocycles. The van der Waals surface area contributed by atoms with Gasteiger partial charge in [0, 0.05) is 28.4 Å². The summed E-state index contributed by atoms with van der Waals surface area (Å²) in [5.74, 6) is 1.01. The van der Waals surface area contributed by atoms with Crippen LogP contribution in [0.15, 0.2) is 136 Å². The number of unbranched alkanes of at least 4 members (excludes halogenated alkanes) is 1. The van der Waals surface area contributed by atoms with E-state index in [-0.39, 0.29) is 0 Å². The van der Waals surface area contributed by atoms with Crippen molar-refractivity contribution in [2.45, 2.75) is 25.7 Å². The van der Waals surface area contributed by atoms with E-state index in [1.54, 1.807) is 0 Å². The van der Waals surface area contributed by atoms with E-state index in [1.165, 1.54) is 33.2 Å². The number of furan rings is 2. The fourth-order valence-electron chi connectivity index (χ4n) is 6.02. The summed E-state index contributed by atoms with van der Waals surface area (Å²) >= 11 is 0. The molecule has 1 N–H and O–H groups in total. The van der Waals surface area contributed by atoms with E-state index in [1.807, 2.05) is 24.3 Å². The summed E-state index contributed by atoms with van der Waals surface area (Å²) in [6.45, 7) is 0. The molecule has 0 saturated heterocycles. The molecule has 0 atom stereocenters. The van der Waals surface area contributed by atoms with Gasteiger partial charge in [0.2, 0.25) is 0 Å². The van der Waals surface area contributed by atoms with E-state index in [0.717, 1.165) is 65.0 Å². The third-order valence-electron chi connectivity index (χ3n) is 8.09. The predicted octanol–water partition coefficient (Wildman–Crippen LogP) is 9.08. The molecular weight excluding hydrogens is 513 g/mol. The number of fused-ring (bicyclic) bond motifs is 2. The number of benzene rings is 5. The van der Waals surface area contributed by atoms with Gasteiger partial charge < -0.3 is 14.2 Å². The average molecular weight is 545 g/mol. The maximum absolute atomic E-state index is 6.39. The second-order valence-corrected chi connectivity index (χ2v) is 10.9. The Bertz CT molecular complexity index is 1970. The molecule has 0 unspecified atom stereocenters. The Morgan fingerprint density at radius 1 is 0.548 bits per heavy atom. The van der Waals surface area contributed by atoms with Gasteiger partial charge >= 0.3 is 0 Å². The molecule has 3 nitrogen and oxygen atoms in total. The monoisotopic (exact) mass is 545 g/mol. The molecule has 5 aromatic carbocycles. The third kappa shape index (κ3) is 5.12. The molecule has 0 amide bonds. The lowest BCUT2D eigenvalue weighted by molar-refractivity contribution is 0.534. The van der Waals surface area contributed by atoms with Crippen molar-refractivity contribution < 1.29 is 8.83 Å². The van der Waals surface area contributed by atoms with Crippen molar-refractivity contribution >= 4 is 46.8 Å². The molecule has 0 bridgehead atoms. The van der Waals surface area contributed by atoms with Crippen molar-refractivity contribution in [3.63, 3.8) is 0 Å². The summed E-state index contributed by atoms with van der Waals surface area (Å²) in [5.41, 5.74) is 11.2. The van der Waals surface area contributed by atoms with Gasteiger partial charge in [0.1, 0.15) is 16.9 Å². The van der Waals surface area contributed by atoms with Gasteiger partial charge in [-0.05, 0) is 71.8 Å². The molecule has 7 aromatic rings. The Morgan fingerprint density at radius 2 is 1.17 bits per heavy atom. The summed E-state index contributed by atoms with van der Waals surface area (Å²) in [7, 11) is 2.07. The highest BCUT2D eigenvalue weighted by molar-refractivity contribution is 6.36. The van der Waals surface area contributed by atoms with E-state index in [4.69, 9.17) is 8.83 Å². The fourth-order valence-corrected chi connectivity index (χ4v) is 6.02. The lowest BCUT2D eigenvalue weighted by Crippen LogP contribution is -2.03. The van der Waals surface area contributed by atoms with E-state index in [9.17, 15) is 0 Å². The highest BCUT2D eigenvalue weighted by atomic mass is 16.3. The van der Waals surface area contributed by atoms with Crippen molar-refractivity contribution in [2.75, 3.05) is 5.32 Å². The molecule has 4 heteroatoms. The Balaban J connectivity index is 1.08. The van der Waals surface area contributed by atoms with Crippen LogP contribution in [0.3, 0.4) is 0 Å². The smallest absolute Gasteiger partial charge is 0.187 e. The average Bonchev–Trinajstić information content (AvgIpc) is 3.56. The fraction of sp³-hybridized carbons (Fsp3) is 0.105. The molecule has 0 fully saturated rings. The number of hydrogen-bond acceptors (Lipinski definition) is 3. The summed E-state index contributed by atoms with van der Waals surface area (Å²) in [6, 6.07) is 44.5. The number of hydrogen-bond donors (Lipinski definition) is 1. The maximum atomic E-state index is 6.39. The van der Waals surface area contributed by atoms with Gasteiger partial charge in [-0.25, -0.2) is 0 Å². The van der Waals surface area contributed by atoms with E-state index < -0.39 is 0 Å². The maximum Gasteiger partial charge on any atom is 0.187 e. The van der Waals surface area contributed by atoms with Gasteiger partial charge in [-0.1, -0.05) is 97.1 Å². The van der Waals surface area contributed by atoms with E-state index in [0.29, 0.717) is 0 Å². The van der Waals surface area contributed by atoms with Crippen LogP contribution in [0.5, 0.6) is 0 Å². The summed E-state index contributed by atoms with van der Waals surface area (Å²) in [6.07, 6.45) is 3.96. The second kappa shape index (κ2) is 11.5. The zero-order valence-corrected chi connectivity index (χ0v) is 23.8. The highest BCUT2D eigenvalue weighted by Gasteiger charge is 2.17. The number of nitrogens with one attached hydrogen (secondary N) is 1. The first kappa shape index (κ1) is 26.0. The van der Waals surface area contributed by atoms with Crippen LogP contribution in [0.1, 0.15) is 24.2 Å². The van der Waals surface area contributed by atoms with Gasteiger partial charge in [0.25, 0.3) is 0 Å². The van der Waals surface area contributed by atoms with Gasteiger partial charge in [-0.3, -0.25) is 0 Å². The first-order chi connectivity index (χ1) is 20.7. The first-order valence-electron chi connectivity index (χ1n) is 14.7. The molecule has 0 radical (unpaired) electrons. The van der Waals surface area contributed by atoms with Gasteiger partial charge in [-0.2, -0.15) is 0 Å². The second-order valence-electron chi connectivity index (χ2n) is 10.9. The number of rotatable bonds is 9. The van der Waals surface area contributed by atoms with Crippen molar-refractivity contribution in [2.24, 2.45) is 0 Å². The zero-order valence-electron chi connectivity index (χ0n) is 23.8. The number of anilines is 2. The van der Waals surface area contributed by atoms with Crippen LogP contribution in [-0.2, 0) is 12.8 Å². The minimum Gasteiger partial charge on any atom is -0.471 e. The standard InChI is InChI=1S/C38H32BNO2/c39-38-36(31-17-7-10-19-33(31)42-38)30-16-6-4-14-28(30)15-5-9-21-35-37(32-18-8-11-20-34(32)41-35)40-29-24-22-27(23-25-29)26-12-2-1-3-13-26/h1-4,6-8,10-14,16-20,22-25,40H,5,9,15,21,39H2. The van der Waals surface area contributed by atoms with Crippen molar-refractivity contribution in [1.29, 1.82) is 0 Å². The molecule has 7 rings (SSSR count). The van der Waals surface area contributed by atoms with Crippen LogP contribution in [-0.4, -0.2) is 7.85 Å². The van der Waals surface area contributed by atoms with Gasteiger partial charge in [0.05, 0.1) is 11.3 Å². The van der Waals surface area contributed by atoms with E-state index >= 15 is 0 Å². The molecule has 0 spiro atoms. The summed E-state index contributed by atoms with van der Waals surface area (Å²) in [5, 5.41) is 5.98. The van der Waals surface area contributed by atoms with Crippen molar-refractivity contribution in [3.05, 3.63) is 139 Å². The molecule has 0 aliphatic rings. The van der Waals surface area contributed by atoms with Crippen molar-refractivity contribution in [1.82, 2.24) is 0 Å². The normalized spacial score (nSPS) is 11.3. The van der Waals surface area contributed by atoms with Crippen LogP contribution in [0.25, 0.3) is 44.2 Å². The highest BCUT2D eigenvalue weighted by Crippen LogP contribution is 2.36. The largest absolute Gasteiger partial charge is 0.471 e. The minimum absolute atomic E-state index is 0.870. The van der Waals surface area contributed by atoms with Gasteiger partial charge in [0.15, 0.2) is 7.85 Å². The Labute approximate surface area is 247 Å². The summed E-state index contributed by atoms with van der Waals surface area (Å²) < 4.78 is 12.5. The van der Waals surface area contributed by atoms with Crippen LogP contribution in [0.4, 0.5) is 11.4 Å². The summed E-state index contributed by atoms with van der Waals surface area (Å²) in [4.78, 5) is 0. The SMILES string of the molecule is Bc1oc2ccccc2c1-c1ccccc1CCCCc1oc2ccccc2c1Nc1ccc(-c2ccccc2)cc1. The molecule has 0 aliphatic heterocycles. The third-order valence-corrected chi connectivity index (χ3v) is 8.09. The topological polar surface area (TPSA) is 38.3 Å². The lowest BCUT2D eigenvalue weighted by atomic mass is 9.89. The molecule has 204 valence electrons. The molecule has 2 heterocycles. The van der Waals surface area contributed by atoms with Crippen LogP contribution < -0.4 is 11.0 Å².